The van der Waals surface area contributed by atoms with E-state index in [0.717, 1.165) is 24.1 Å². The molecule has 2 amide bonds. The molecule has 0 aliphatic carbocycles. The Labute approximate surface area is 181 Å². The van der Waals surface area contributed by atoms with Crippen molar-refractivity contribution in [2.24, 2.45) is 0 Å². The van der Waals surface area contributed by atoms with Crippen LogP contribution in [0.15, 0.2) is 54.7 Å². The lowest BCUT2D eigenvalue weighted by Crippen LogP contribution is -2.31. The van der Waals surface area contributed by atoms with E-state index in [4.69, 9.17) is 11.0 Å². The molecule has 3 aromatic rings. The van der Waals surface area contributed by atoms with Gasteiger partial charge in [0.15, 0.2) is 0 Å². The van der Waals surface area contributed by atoms with Gasteiger partial charge in [-0.3, -0.25) is 0 Å². The van der Waals surface area contributed by atoms with Crippen molar-refractivity contribution in [3.05, 3.63) is 60.3 Å². The topological polar surface area (TPSA) is 120 Å². The maximum Gasteiger partial charge on any atom is 0.319 e. The fourth-order valence-electron chi connectivity index (χ4n) is 2.98. The first-order valence-corrected chi connectivity index (χ1v) is 9.89. The molecule has 0 unspecified atom stereocenters. The van der Waals surface area contributed by atoms with Crippen LogP contribution in [0, 0.1) is 11.3 Å². The third-order valence-electron chi connectivity index (χ3n) is 4.57. The fraction of sp³-hybridized carbons (Fsp3) is 0.217. The number of urea groups is 1. The number of anilines is 2. The summed E-state index contributed by atoms with van der Waals surface area (Å²) in [6, 6.07) is 16.2. The van der Waals surface area contributed by atoms with Gasteiger partial charge in [-0.15, -0.1) is 0 Å². The van der Waals surface area contributed by atoms with Gasteiger partial charge in [-0.2, -0.15) is 5.26 Å². The Balaban J connectivity index is 1.75. The number of hydrogen-bond donors (Lipinski definition) is 3. The number of nitrogen functional groups attached to an aromatic ring is 1. The van der Waals surface area contributed by atoms with Crippen molar-refractivity contribution >= 4 is 17.5 Å². The van der Waals surface area contributed by atoms with E-state index in [2.05, 4.69) is 31.6 Å². The van der Waals surface area contributed by atoms with Gasteiger partial charge >= 0.3 is 6.03 Å². The maximum atomic E-state index is 12.2. The van der Waals surface area contributed by atoms with E-state index in [1.807, 2.05) is 44.4 Å². The van der Waals surface area contributed by atoms with E-state index in [1.54, 1.807) is 24.4 Å². The summed E-state index contributed by atoms with van der Waals surface area (Å²) < 4.78 is 0. The highest BCUT2D eigenvalue weighted by Gasteiger charge is 2.11. The van der Waals surface area contributed by atoms with Gasteiger partial charge in [-0.1, -0.05) is 24.3 Å². The lowest BCUT2D eigenvalue weighted by Gasteiger charge is -2.12. The molecule has 0 radical (unpaired) electrons. The van der Waals surface area contributed by atoms with Crippen LogP contribution in [0.4, 0.5) is 16.3 Å². The Bertz CT molecular complexity index is 1090. The van der Waals surface area contributed by atoms with E-state index in [9.17, 15) is 4.79 Å². The van der Waals surface area contributed by atoms with Crippen LogP contribution in [0.3, 0.4) is 0 Å². The maximum absolute atomic E-state index is 12.2. The normalized spacial score (nSPS) is 10.5. The van der Waals surface area contributed by atoms with Crippen molar-refractivity contribution in [1.82, 2.24) is 20.2 Å². The number of amides is 2. The molecule has 0 saturated carbocycles. The summed E-state index contributed by atoms with van der Waals surface area (Å²) in [6.07, 6.45) is 2.47. The molecular formula is C23H25N7O. The molecule has 8 nitrogen and oxygen atoms in total. The van der Waals surface area contributed by atoms with Crippen LogP contribution >= 0.6 is 0 Å². The summed E-state index contributed by atoms with van der Waals surface area (Å²) >= 11 is 0. The van der Waals surface area contributed by atoms with Crippen LogP contribution < -0.4 is 16.4 Å². The second-order valence-electron chi connectivity index (χ2n) is 7.30. The van der Waals surface area contributed by atoms with Crippen LogP contribution in [0.1, 0.15) is 12.0 Å². The first-order valence-electron chi connectivity index (χ1n) is 9.89. The van der Waals surface area contributed by atoms with Gasteiger partial charge in [0, 0.05) is 23.4 Å². The highest BCUT2D eigenvalue weighted by atomic mass is 16.2. The van der Waals surface area contributed by atoms with E-state index in [0.29, 0.717) is 35.0 Å². The Hall–Kier alpha value is -3.96. The molecule has 4 N–H and O–H groups in total. The predicted molar refractivity (Wildman–Crippen MR) is 122 cm³/mol. The predicted octanol–water partition coefficient (Wildman–Crippen LogP) is 3.34. The van der Waals surface area contributed by atoms with Gasteiger partial charge in [0.1, 0.15) is 11.5 Å². The molecule has 8 heteroatoms. The third kappa shape index (κ3) is 6.01. The Morgan fingerprint density at radius 2 is 1.94 bits per heavy atom. The number of carbonyl (C=O) groups excluding carboxylic acids is 1. The van der Waals surface area contributed by atoms with Gasteiger partial charge in [-0.25, -0.2) is 14.8 Å². The summed E-state index contributed by atoms with van der Waals surface area (Å²) in [5.74, 6) is 0.294. The van der Waals surface area contributed by atoms with Gasteiger partial charge in [-0.05, 0) is 51.3 Å². The zero-order valence-electron chi connectivity index (χ0n) is 17.6. The van der Waals surface area contributed by atoms with E-state index >= 15 is 0 Å². The van der Waals surface area contributed by atoms with Crippen LogP contribution in [0.25, 0.3) is 22.5 Å². The van der Waals surface area contributed by atoms with Gasteiger partial charge in [0.2, 0.25) is 0 Å². The first-order chi connectivity index (χ1) is 15.0. The van der Waals surface area contributed by atoms with Crippen molar-refractivity contribution < 1.29 is 4.79 Å². The molecule has 1 heterocycles. The number of nitrogens with zero attached hydrogens (tertiary/aromatic N) is 4. The average Bonchev–Trinajstić information content (AvgIpc) is 2.77. The molecule has 0 saturated heterocycles. The number of nitrogens with one attached hydrogen (secondary N) is 2. The van der Waals surface area contributed by atoms with Crippen molar-refractivity contribution in [2.75, 3.05) is 38.2 Å². The minimum Gasteiger partial charge on any atom is -0.382 e. The summed E-state index contributed by atoms with van der Waals surface area (Å²) in [7, 11) is 3.99. The second-order valence-corrected chi connectivity index (χ2v) is 7.30. The molecule has 2 aromatic carbocycles. The number of carbonyl (C=O) groups is 1. The standard InChI is InChI=1S/C23H25N7O/c1-30(2)12-4-11-26-23(31)28-19-6-3-5-18(13-19)21-22(25)27-15-20(29-21)17-9-7-16(14-24)8-10-17/h3,5-10,13,15H,4,11-12H2,1-2H3,(H2,25,27)(H2,26,28,31). The molecule has 1 aromatic heterocycles. The number of benzene rings is 2. The molecular weight excluding hydrogens is 390 g/mol. The zero-order chi connectivity index (χ0) is 22.2. The summed E-state index contributed by atoms with van der Waals surface area (Å²) in [5, 5.41) is 14.6. The summed E-state index contributed by atoms with van der Waals surface area (Å²) in [5.41, 5.74) is 10.0. The Kier molecular flexibility index (Phi) is 7.14. The second kappa shape index (κ2) is 10.2. The molecule has 0 aliphatic rings. The average molecular weight is 416 g/mol. The van der Waals surface area contributed by atoms with Crippen LogP contribution in [-0.4, -0.2) is 48.1 Å². The lowest BCUT2D eigenvalue weighted by molar-refractivity contribution is 0.251. The van der Waals surface area contributed by atoms with Gasteiger partial charge in [0.05, 0.1) is 23.5 Å². The number of rotatable bonds is 7. The van der Waals surface area contributed by atoms with Gasteiger partial charge < -0.3 is 21.3 Å². The van der Waals surface area contributed by atoms with Crippen molar-refractivity contribution in [1.29, 1.82) is 5.26 Å². The molecule has 0 fully saturated rings. The van der Waals surface area contributed by atoms with Crippen molar-refractivity contribution in [2.45, 2.75) is 6.42 Å². The van der Waals surface area contributed by atoms with Crippen LogP contribution in [0.5, 0.6) is 0 Å². The minimum atomic E-state index is -0.263. The number of nitriles is 1. The van der Waals surface area contributed by atoms with E-state index in [-0.39, 0.29) is 6.03 Å². The molecule has 0 spiro atoms. The fourth-order valence-corrected chi connectivity index (χ4v) is 2.98. The largest absolute Gasteiger partial charge is 0.382 e. The zero-order valence-corrected chi connectivity index (χ0v) is 17.6. The lowest BCUT2D eigenvalue weighted by atomic mass is 10.1. The SMILES string of the molecule is CN(C)CCCNC(=O)Nc1cccc(-c2nc(-c3ccc(C#N)cc3)cnc2N)c1. The molecule has 0 atom stereocenters. The third-order valence-corrected chi connectivity index (χ3v) is 4.57. The highest BCUT2D eigenvalue weighted by Crippen LogP contribution is 2.27. The molecule has 158 valence electrons. The van der Waals surface area contributed by atoms with E-state index < -0.39 is 0 Å². The molecule has 0 aliphatic heterocycles. The molecule has 31 heavy (non-hydrogen) atoms. The van der Waals surface area contributed by atoms with Crippen molar-refractivity contribution in [3.8, 4) is 28.6 Å². The monoisotopic (exact) mass is 415 g/mol. The Morgan fingerprint density at radius 1 is 1.16 bits per heavy atom. The summed E-state index contributed by atoms with van der Waals surface area (Å²) in [4.78, 5) is 23.2. The van der Waals surface area contributed by atoms with Crippen molar-refractivity contribution in [3.63, 3.8) is 0 Å². The Morgan fingerprint density at radius 3 is 2.65 bits per heavy atom. The smallest absolute Gasteiger partial charge is 0.319 e. The first kappa shape index (κ1) is 21.7. The molecule has 0 bridgehead atoms. The van der Waals surface area contributed by atoms with Crippen LogP contribution in [0.2, 0.25) is 0 Å². The number of nitrogens with two attached hydrogens (primary N) is 1. The summed E-state index contributed by atoms with van der Waals surface area (Å²) in [6.45, 7) is 1.50. The number of hydrogen-bond acceptors (Lipinski definition) is 6. The van der Waals surface area contributed by atoms with Crippen LogP contribution in [-0.2, 0) is 0 Å². The minimum absolute atomic E-state index is 0.263. The quantitative estimate of drug-likeness (QED) is 0.509. The van der Waals surface area contributed by atoms with E-state index in [1.165, 1.54) is 0 Å². The van der Waals surface area contributed by atoms with Gasteiger partial charge in [0.25, 0.3) is 0 Å². The number of aromatic nitrogens is 2. The molecule has 3 rings (SSSR count). The highest BCUT2D eigenvalue weighted by molar-refractivity contribution is 5.90.